The first-order valence-electron chi connectivity index (χ1n) is 9.48. The number of carbonyl (C=O) groups is 1. The van der Waals surface area contributed by atoms with Crippen molar-refractivity contribution in [2.24, 2.45) is 0 Å². The van der Waals surface area contributed by atoms with Gasteiger partial charge < -0.3 is 5.32 Å². The van der Waals surface area contributed by atoms with Crippen molar-refractivity contribution >= 4 is 28.8 Å². The van der Waals surface area contributed by atoms with E-state index in [1.54, 1.807) is 41.2 Å². The molecule has 0 bridgehead atoms. The van der Waals surface area contributed by atoms with Gasteiger partial charge in [0, 0.05) is 29.2 Å². The maximum Gasteiger partial charge on any atom is 0.257 e. The number of anilines is 1. The monoisotopic (exact) mass is 426 g/mol. The molecule has 5 aromatic rings. The molecule has 1 amide bonds. The van der Waals surface area contributed by atoms with Crippen LogP contribution in [0.15, 0.2) is 85.2 Å². The van der Waals surface area contributed by atoms with Gasteiger partial charge in [0.05, 0.1) is 16.3 Å². The van der Waals surface area contributed by atoms with Gasteiger partial charge in [-0.1, -0.05) is 35.9 Å². The average molecular weight is 427 g/mol. The molecule has 0 aliphatic rings. The summed E-state index contributed by atoms with van der Waals surface area (Å²) >= 11 is 6.10. The fourth-order valence-corrected chi connectivity index (χ4v) is 3.41. The summed E-state index contributed by atoms with van der Waals surface area (Å²) in [7, 11) is 0. The van der Waals surface area contributed by atoms with E-state index in [4.69, 9.17) is 16.7 Å². The highest BCUT2D eigenvalue weighted by molar-refractivity contribution is 6.34. The molecule has 3 heterocycles. The molecule has 1 N–H and O–H groups in total. The van der Waals surface area contributed by atoms with E-state index in [1.165, 1.54) is 0 Å². The maximum atomic E-state index is 12.4. The molecule has 0 unspecified atom stereocenters. The SMILES string of the molecule is O=C(Nc1ccc(-c2ccc3nnc(-c4cccnc4)n3n2)cc1)c1ccccc1Cl. The molecular weight excluding hydrogens is 412 g/mol. The van der Waals surface area contributed by atoms with E-state index in [2.05, 4.69) is 20.5 Å². The number of aromatic nitrogens is 5. The van der Waals surface area contributed by atoms with E-state index in [0.717, 1.165) is 16.8 Å². The van der Waals surface area contributed by atoms with Crippen molar-refractivity contribution in [2.45, 2.75) is 0 Å². The van der Waals surface area contributed by atoms with Crippen molar-refractivity contribution in [3.8, 4) is 22.6 Å². The van der Waals surface area contributed by atoms with Crippen molar-refractivity contribution in [3.05, 3.63) is 95.8 Å². The first-order chi connectivity index (χ1) is 15.2. The molecule has 0 spiro atoms. The molecule has 0 saturated carbocycles. The molecule has 31 heavy (non-hydrogen) atoms. The Morgan fingerprint density at radius 2 is 1.71 bits per heavy atom. The summed E-state index contributed by atoms with van der Waals surface area (Å²) in [6.45, 7) is 0. The number of nitrogens with one attached hydrogen (secondary N) is 1. The summed E-state index contributed by atoms with van der Waals surface area (Å²) < 4.78 is 1.69. The van der Waals surface area contributed by atoms with E-state index in [-0.39, 0.29) is 5.91 Å². The van der Waals surface area contributed by atoms with Crippen molar-refractivity contribution in [3.63, 3.8) is 0 Å². The van der Waals surface area contributed by atoms with Gasteiger partial charge in [-0.05, 0) is 48.5 Å². The number of amides is 1. The predicted molar refractivity (Wildman–Crippen MR) is 119 cm³/mol. The van der Waals surface area contributed by atoms with Gasteiger partial charge >= 0.3 is 0 Å². The molecule has 5 rings (SSSR count). The quantitative estimate of drug-likeness (QED) is 0.448. The first-order valence-corrected chi connectivity index (χ1v) is 9.86. The number of hydrogen-bond donors (Lipinski definition) is 1. The minimum atomic E-state index is -0.261. The number of benzene rings is 2. The Morgan fingerprint density at radius 1 is 0.871 bits per heavy atom. The van der Waals surface area contributed by atoms with Crippen LogP contribution >= 0.6 is 11.6 Å². The van der Waals surface area contributed by atoms with Crippen LogP contribution < -0.4 is 5.32 Å². The van der Waals surface area contributed by atoms with Crippen molar-refractivity contribution in [1.82, 2.24) is 24.8 Å². The number of hydrogen-bond acceptors (Lipinski definition) is 5. The Kier molecular flexibility index (Phi) is 4.86. The summed E-state index contributed by atoms with van der Waals surface area (Å²) in [4.78, 5) is 16.6. The topological polar surface area (TPSA) is 85.1 Å². The molecule has 0 fully saturated rings. The van der Waals surface area contributed by atoms with E-state index in [1.807, 2.05) is 48.5 Å². The van der Waals surface area contributed by atoms with Crippen LogP contribution in [0.4, 0.5) is 5.69 Å². The lowest BCUT2D eigenvalue weighted by molar-refractivity contribution is 0.102. The number of pyridine rings is 1. The zero-order valence-corrected chi connectivity index (χ0v) is 16.9. The van der Waals surface area contributed by atoms with Gasteiger partial charge in [-0.2, -0.15) is 9.61 Å². The van der Waals surface area contributed by atoms with Gasteiger partial charge in [0.2, 0.25) is 0 Å². The molecular formula is C23H15ClN6O. The zero-order chi connectivity index (χ0) is 21.2. The molecule has 0 saturated heterocycles. The van der Waals surface area contributed by atoms with Gasteiger partial charge in [-0.3, -0.25) is 9.78 Å². The number of halogens is 1. The Labute approximate surface area is 182 Å². The molecule has 2 aromatic carbocycles. The summed E-state index contributed by atoms with van der Waals surface area (Å²) in [6.07, 6.45) is 3.43. The number of fused-ring (bicyclic) bond motifs is 1. The summed E-state index contributed by atoms with van der Waals surface area (Å²) in [6, 6.07) is 21.9. The second-order valence-corrected chi connectivity index (χ2v) is 7.17. The maximum absolute atomic E-state index is 12.4. The summed E-state index contributed by atoms with van der Waals surface area (Å²) in [5.41, 5.74) is 4.21. The Bertz CT molecular complexity index is 1380. The Balaban J connectivity index is 1.42. The van der Waals surface area contributed by atoms with Crippen LogP contribution in [0.2, 0.25) is 5.02 Å². The predicted octanol–water partition coefficient (Wildman–Crippen LogP) is 4.76. The van der Waals surface area contributed by atoms with Crippen molar-refractivity contribution in [1.29, 1.82) is 0 Å². The van der Waals surface area contributed by atoms with Crippen LogP contribution in [-0.4, -0.2) is 30.7 Å². The van der Waals surface area contributed by atoms with Gasteiger partial charge in [0.15, 0.2) is 11.5 Å². The molecule has 0 atom stereocenters. The molecule has 0 aliphatic heterocycles. The Hall–Kier alpha value is -4.10. The van der Waals surface area contributed by atoms with Crippen LogP contribution in [0.5, 0.6) is 0 Å². The van der Waals surface area contributed by atoms with E-state index in [0.29, 0.717) is 27.7 Å². The second kappa shape index (κ2) is 7.97. The van der Waals surface area contributed by atoms with Crippen LogP contribution in [0.1, 0.15) is 10.4 Å². The van der Waals surface area contributed by atoms with Gasteiger partial charge in [0.1, 0.15) is 0 Å². The van der Waals surface area contributed by atoms with Crippen LogP contribution in [0.3, 0.4) is 0 Å². The second-order valence-electron chi connectivity index (χ2n) is 6.77. The van der Waals surface area contributed by atoms with E-state index < -0.39 is 0 Å². The van der Waals surface area contributed by atoms with Crippen molar-refractivity contribution < 1.29 is 4.79 Å². The third kappa shape index (κ3) is 3.74. The number of nitrogens with zero attached hydrogens (tertiary/aromatic N) is 5. The average Bonchev–Trinajstić information content (AvgIpc) is 3.24. The lowest BCUT2D eigenvalue weighted by atomic mass is 10.1. The molecule has 7 nitrogen and oxygen atoms in total. The lowest BCUT2D eigenvalue weighted by Crippen LogP contribution is -2.12. The summed E-state index contributed by atoms with van der Waals surface area (Å²) in [5, 5.41) is 16.4. The largest absolute Gasteiger partial charge is 0.322 e. The highest BCUT2D eigenvalue weighted by Gasteiger charge is 2.12. The molecule has 3 aromatic heterocycles. The van der Waals surface area contributed by atoms with Gasteiger partial charge in [-0.15, -0.1) is 10.2 Å². The fourth-order valence-electron chi connectivity index (χ4n) is 3.19. The molecule has 0 aliphatic carbocycles. The standard InChI is InChI=1S/C23H15ClN6O/c24-19-6-2-1-5-18(19)23(31)26-17-9-7-15(8-10-17)20-11-12-21-27-28-22(30(21)29-20)16-4-3-13-25-14-16/h1-14H,(H,26,31). The Morgan fingerprint density at radius 3 is 2.48 bits per heavy atom. The van der Waals surface area contributed by atoms with E-state index >= 15 is 0 Å². The lowest BCUT2D eigenvalue weighted by Gasteiger charge is -2.08. The van der Waals surface area contributed by atoms with E-state index in [9.17, 15) is 4.79 Å². The first kappa shape index (κ1) is 18.9. The molecule has 0 radical (unpaired) electrons. The minimum absolute atomic E-state index is 0.261. The number of carbonyl (C=O) groups excluding carboxylic acids is 1. The van der Waals surface area contributed by atoms with Crippen LogP contribution in [0.25, 0.3) is 28.3 Å². The molecule has 8 heteroatoms. The third-order valence-electron chi connectivity index (χ3n) is 4.74. The third-order valence-corrected chi connectivity index (χ3v) is 5.07. The zero-order valence-electron chi connectivity index (χ0n) is 16.1. The highest BCUT2D eigenvalue weighted by atomic mass is 35.5. The normalized spacial score (nSPS) is 10.9. The van der Waals surface area contributed by atoms with Crippen LogP contribution in [-0.2, 0) is 0 Å². The van der Waals surface area contributed by atoms with Gasteiger partial charge in [0.25, 0.3) is 5.91 Å². The van der Waals surface area contributed by atoms with Crippen LogP contribution in [0, 0.1) is 0 Å². The van der Waals surface area contributed by atoms with Crippen molar-refractivity contribution in [2.75, 3.05) is 5.32 Å². The molecule has 150 valence electrons. The highest BCUT2D eigenvalue weighted by Crippen LogP contribution is 2.23. The fraction of sp³-hybridized carbons (Fsp3) is 0. The smallest absolute Gasteiger partial charge is 0.257 e. The summed E-state index contributed by atoms with van der Waals surface area (Å²) in [5.74, 6) is 0.358. The number of rotatable bonds is 4. The van der Waals surface area contributed by atoms with Gasteiger partial charge in [-0.25, -0.2) is 0 Å². The minimum Gasteiger partial charge on any atom is -0.322 e.